The van der Waals surface area contributed by atoms with Gasteiger partial charge in [-0.3, -0.25) is 14.3 Å². The van der Waals surface area contributed by atoms with Crippen LogP contribution in [0.25, 0.3) is 22.2 Å². The first-order valence-corrected chi connectivity index (χ1v) is 13.6. The van der Waals surface area contributed by atoms with Gasteiger partial charge in [0.15, 0.2) is 5.82 Å². The summed E-state index contributed by atoms with van der Waals surface area (Å²) in [4.78, 5) is 35.6. The third-order valence-corrected chi connectivity index (χ3v) is 7.83. The first-order chi connectivity index (χ1) is 18.8. The summed E-state index contributed by atoms with van der Waals surface area (Å²) in [5, 5.41) is 7.42. The smallest absolute Gasteiger partial charge is 0.270 e. The van der Waals surface area contributed by atoms with Gasteiger partial charge in [-0.05, 0) is 61.4 Å². The molecule has 1 fully saturated rings. The molecule has 2 aromatic carbocycles. The van der Waals surface area contributed by atoms with E-state index in [-0.39, 0.29) is 23.2 Å². The maximum Gasteiger partial charge on any atom is 0.270 e. The standard InChI is InChI=1S/C30H35FN6O2/c1-5-37-24(16-17-32-37)29(38)35-26(19-12-10-18(2)11-13-19)28-33-23-15-14-21(25(31)27(23)34-28)20-8-6-7-9-22(20)30(39)36(3)4/h6-9,14-19,26H,5,10-13H2,1-4H3,(H,33,34)(H,35,38). The third kappa shape index (κ3) is 5.17. The Hall–Kier alpha value is -4.01. The van der Waals surface area contributed by atoms with E-state index in [1.54, 1.807) is 67.4 Å². The highest BCUT2D eigenvalue weighted by Gasteiger charge is 2.32. The molecule has 2 aromatic heterocycles. The topological polar surface area (TPSA) is 95.9 Å². The summed E-state index contributed by atoms with van der Waals surface area (Å²) in [5.74, 6) is 0.420. The van der Waals surface area contributed by atoms with Gasteiger partial charge >= 0.3 is 0 Å². The molecule has 0 radical (unpaired) electrons. The van der Waals surface area contributed by atoms with Crippen molar-refractivity contribution in [1.29, 1.82) is 0 Å². The van der Waals surface area contributed by atoms with Gasteiger partial charge < -0.3 is 15.2 Å². The van der Waals surface area contributed by atoms with Crippen LogP contribution in [-0.4, -0.2) is 50.6 Å². The van der Waals surface area contributed by atoms with Crippen molar-refractivity contribution in [1.82, 2.24) is 30.0 Å². The second kappa shape index (κ2) is 11.0. The van der Waals surface area contributed by atoms with Gasteiger partial charge in [0.25, 0.3) is 11.8 Å². The molecule has 1 aliphatic carbocycles. The van der Waals surface area contributed by atoms with Crippen LogP contribution in [0.4, 0.5) is 4.39 Å². The quantitative estimate of drug-likeness (QED) is 0.326. The Kier molecular flexibility index (Phi) is 7.50. The van der Waals surface area contributed by atoms with Gasteiger partial charge in [-0.15, -0.1) is 0 Å². The van der Waals surface area contributed by atoms with Crippen molar-refractivity contribution < 1.29 is 14.0 Å². The number of carbonyl (C=O) groups excluding carboxylic acids is 2. The number of rotatable bonds is 7. The van der Waals surface area contributed by atoms with E-state index >= 15 is 4.39 Å². The molecule has 5 rings (SSSR count). The highest BCUT2D eigenvalue weighted by Crippen LogP contribution is 2.38. The number of halogens is 1. The molecule has 0 aliphatic heterocycles. The molecule has 2 amide bonds. The molecule has 0 saturated heterocycles. The Labute approximate surface area is 227 Å². The van der Waals surface area contributed by atoms with Crippen molar-refractivity contribution in [3.8, 4) is 11.1 Å². The molecule has 204 valence electrons. The van der Waals surface area contributed by atoms with Crippen molar-refractivity contribution in [3.63, 3.8) is 0 Å². The van der Waals surface area contributed by atoms with Crippen LogP contribution in [0.5, 0.6) is 0 Å². The fraction of sp³-hybridized carbons (Fsp3) is 0.400. The van der Waals surface area contributed by atoms with E-state index in [9.17, 15) is 9.59 Å². The molecular weight excluding hydrogens is 495 g/mol. The van der Waals surface area contributed by atoms with E-state index in [1.807, 2.05) is 6.92 Å². The summed E-state index contributed by atoms with van der Waals surface area (Å²) in [6.45, 7) is 4.77. The van der Waals surface area contributed by atoms with Crippen molar-refractivity contribution in [3.05, 3.63) is 71.6 Å². The summed E-state index contributed by atoms with van der Waals surface area (Å²) in [7, 11) is 3.35. The average Bonchev–Trinajstić information content (AvgIpc) is 3.60. The largest absolute Gasteiger partial charge is 0.345 e. The molecule has 39 heavy (non-hydrogen) atoms. The van der Waals surface area contributed by atoms with Crippen LogP contribution in [0, 0.1) is 17.7 Å². The van der Waals surface area contributed by atoms with Crippen molar-refractivity contribution in [2.24, 2.45) is 11.8 Å². The highest BCUT2D eigenvalue weighted by atomic mass is 19.1. The molecule has 1 saturated carbocycles. The Morgan fingerprint density at radius 3 is 2.56 bits per heavy atom. The Morgan fingerprint density at radius 2 is 1.85 bits per heavy atom. The number of nitrogens with zero attached hydrogens (tertiary/aromatic N) is 4. The lowest BCUT2D eigenvalue weighted by Crippen LogP contribution is -2.36. The third-order valence-electron chi connectivity index (χ3n) is 7.83. The lowest BCUT2D eigenvalue weighted by molar-refractivity contribution is 0.0827. The fourth-order valence-corrected chi connectivity index (χ4v) is 5.58. The SMILES string of the molecule is CCn1nccc1C(=O)NC(c1nc2c(F)c(-c3ccccc3C(=O)N(C)C)ccc2[nH]1)C1CCC(C)CC1. The van der Waals surface area contributed by atoms with Crippen molar-refractivity contribution >= 4 is 22.8 Å². The van der Waals surface area contributed by atoms with Crippen LogP contribution < -0.4 is 5.32 Å². The fourth-order valence-electron chi connectivity index (χ4n) is 5.58. The zero-order valence-electron chi connectivity index (χ0n) is 22.9. The molecule has 1 atom stereocenters. The van der Waals surface area contributed by atoms with E-state index in [0.717, 1.165) is 25.7 Å². The monoisotopic (exact) mass is 530 g/mol. The van der Waals surface area contributed by atoms with E-state index in [0.29, 0.717) is 46.2 Å². The number of H-pyrrole nitrogens is 1. The minimum absolute atomic E-state index is 0.171. The van der Waals surface area contributed by atoms with E-state index in [4.69, 9.17) is 4.98 Å². The van der Waals surface area contributed by atoms with Crippen LogP contribution >= 0.6 is 0 Å². The van der Waals surface area contributed by atoms with Crippen LogP contribution in [-0.2, 0) is 6.54 Å². The number of hydrogen-bond donors (Lipinski definition) is 2. The van der Waals surface area contributed by atoms with Gasteiger partial charge in [0.05, 0.1) is 11.6 Å². The Bertz CT molecular complexity index is 1500. The summed E-state index contributed by atoms with van der Waals surface area (Å²) in [6, 6.07) is 11.8. The number of nitrogens with one attached hydrogen (secondary N) is 2. The van der Waals surface area contributed by atoms with Crippen molar-refractivity contribution in [2.75, 3.05) is 14.1 Å². The van der Waals surface area contributed by atoms with Crippen molar-refractivity contribution in [2.45, 2.75) is 52.1 Å². The molecule has 2 heterocycles. The molecule has 1 unspecified atom stereocenters. The van der Waals surface area contributed by atoms with E-state index in [1.165, 1.54) is 4.90 Å². The number of aromatic amines is 1. The van der Waals surface area contributed by atoms with E-state index in [2.05, 4.69) is 22.3 Å². The van der Waals surface area contributed by atoms with Crippen LogP contribution in [0.15, 0.2) is 48.7 Å². The zero-order valence-corrected chi connectivity index (χ0v) is 22.9. The summed E-state index contributed by atoms with van der Waals surface area (Å²) in [6.07, 6.45) is 5.65. The number of fused-ring (bicyclic) bond motifs is 1. The maximum atomic E-state index is 16.0. The van der Waals surface area contributed by atoms with Gasteiger partial charge in [-0.2, -0.15) is 5.10 Å². The molecule has 8 nitrogen and oxygen atoms in total. The number of imidazole rings is 1. The number of benzene rings is 2. The van der Waals surface area contributed by atoms with Gasteiger partial charge in [0.2, 0.25) is 0 Å². The normalized spacial score (nSPS) is 18.2. The minimum Gasteiger partial charge on any atom is -0.345 e. The molecule has 0 spiro atoms. The number of carbonyl (C=O) groups is 2. The van der Waals surface area contributed by atoms with Gasteiger partial charge in [0, 0.05) is 38.0 Å². The summed E-state index contributed by atoms with van der Waals surface area (Å²) < 4.78 is 17.7. The lowest BCUT2D eigenvalue weighted by Gasteiger charge is -2.32. The summed E-state index contributed by atoms with van der Waals surface area (Å²) >= 11 is 0. The Balaban J connectivity index is 1.54. The van der Waals surface area contributed by atoms with Gasteiger partial charge in [0.1, 0.15) is 17.0 Å². The van der Waals surface area contributed by atoms with Gasteiger partial charge in [-0.1, -0.05) is 38.0 Å². The molecule has 2 N–H and O–H groups in total. The zero-order chi connectivity index (χ0) is 27.7. The van der Waals surface area contributed by atoms with E-state index < -0.39 is 11.9 Å². The van der Waals surface area contributed by atoms with Crippen LogP contribution in [0.2, 0.25) is 0 Å². The second-order valence-corrected chi connectivity index (χ2v) is 10.7. The number of amides is 2. The molecule has 4 aromatic rings. The number of aromatic nitrogens is 4. The first kappa shape index (κ1) is 26.6. The predicted octanol–water partition coefficient (Wildman–Crippen LogP) is 5.58. The average molecular weight is 531 g/mol. The first-order valence-electron chi connectivity index (χ1n) is 13.6. The molecule has 9 heteroatoms. The number of hydrogen-bond acceptors (Lipinski definition) is 4. The highest BCUT2D eigenvalue weighted by molar-refractivity contribution is 6.01. The second-order valence-electron chi connectivity index (χ2n) is 10.7. The number of aryl methyl sites for hydroxylation is 1. The maximum absolute atomic E-state index is 16.0. The lowest BCUT2D eigenvalue weighted by atomic mass is 9.79. The minimum atomic E-state index is -0.500. The molecular formula is C30H35FN6O2. The summed E-state index contributed by atoms with van der Waals surface area (Å²) in [5.41, 5.74) is 2.47. The van der Waals surface area contributed by atoms with Crippen LogP contribution in [0.1, 0.15) is 72.2 Å². The predicted molar refractivity (Wildman–Crippen MR) is 149 cm³/mol. The molecule has 1 aliphatic rings. The molecule has 0 bridgehead atoms. The van der Waals surface area contributed by atoms with Gasteiger partial charge in [-0.25, -0.2) is 9.37 Å². The Morgan fingerprint density at radius 1 is 1.10 bits per heavy atom. The van der Waals surface area contributed by atoms with Crippen LogP contribution in [0.3, 0.4) is 0 Å².